The van der Waals surface area contributed by atoms with Crippen molar-refractivity contribution in [3.8, 4) is 11.5 Å². The van der Waals surface area contributed by atoms with Crippen LogP contribution in [0.5, 0.6) is 11.5 Å². The van der Waals surface area contributed by atoms with Gasteiger partial charge in [0.15, 0.2) is 17.3 Å². The second kappa shape index (κ2) is 7.31. The molecule has 2 heterocycles. The fourth-order valence-corrected chi connectivity index (χ4v) is 3.67. The number of hydrogen-bond donors (Lipinski definition) is 0. The van der Waals surface area contributed by atoms with Crippen LogP contribution in [0.2, 0.25) is 0 Å². The van der Waals surface area contributed by atoms with Gasteiger partial charge in [-0.15, -0.1) is 5.10 Å². The molecule has 1 saturated heterocycles. The largest absolute Gasteiger partial charge is 0.493 e. The Morgan fingerprint density at radius 2 is 1.96 bits per heavy atom. The number of Topliss-reactive ketones (excluding diaryl/α,β-unsaturated/α-hetero) is 1. The van der Waals surface area contributed by atoms with E-state index in [1.807, 2.05) is 23.0 Å². The minimum Gasteiger partial charge on any atom is -0.493 e. The molecule has 0 radical (unpaired) electrons. The number of ether oxygens (including phenoxy) is 2. The normalized spacial score (nSPS) is 18.8. The maximum Gasteiger partial charge on any atom is 0.185 e. The highest BCUT2D eigenvalue weighted by Gasteiger charge is 2.33. The van der Waals surface area contributed by atoms with Gasteiger partial charge >= 0.3 is 0 Å². The lowest BCUT2D eigenvalue weighted by Crippen LogP contribution is -2.48. The molecule has 7 nitrogen and oxygen atoms in total. The molecular weight excluding hydrogens is 344 g/mol. The molecule has 1 aromatic carbocycles. The van der Waals surface area contributed by atoms with Crippen molar-refractivity contribution >= 4 is 5.78 Å². The van der Waals surface area contributed by atoms with Crippen LogP contribution in [-0.2, 0) is 0 Å². The van der Waals surface area contributed by atoms with E-state index in [0.29, 0.717) is 24.1 Å². The maximum atomic E-state index is 12.4. The molecule has 2 aliphatic rings. The van der Waals surface area contributed by atoms with Crippen LogP contribution >= 0.6 is 0 Å². The number of aromatic nitrogens is 3. The first-order chi connectivity index (χ1) is 13.1. The summed E-state index contributed by atoms with van der Waals surface area (Å²) in [5, 5.41) is 8.13. The van der Waals surface area contributed by atoms with Crippen LogP contribution in [-0.4, -0.2) is 53.0 Å². The summed E-state index contributed by atoms with van der Waals surface area (Å²) in [6.45, 7) is 4.01. The number of hydrogen-bond acceptors (Lipinski definition) is 6. The smallest absolute Gasteiger partial charge is 0.185 e. The first kappa shape index (κ1) is 18.0. The van der Waals surface area contributed by atoms with Gasteiger partial charge in [0.25, 0.3) is 0 Å². The van der Waals surface area contributed by atoms with E-state index in [0.717, 1.165) is 37.4 Å². The first-order valence-electron chi connectivity index (χ1n) is 9.50. The van der Waals surface area contributed by atoms with E-state index in [1.165, 1.54) is 5.56 Å². The molecule has 1 unspecified atom stereocenters. The Morgan fingerprint density at radius 1 is 1.22 bits per heavy atom. The molecule has 2 fully saturated rings. The lowest BCUT2D eigenvalue weighted by molar-refractivity contribution is 0.0501. The second-order valence-electron chi connectivity index (χ2n) is 7.55. The lowest BCUT2D eigenvalue weighted by Gasteiger charge is -2.43. The summed E-state index contributed by atoms with van der Waals surface area (Å²) >= 11 is 0. The molecule has 1 aliphatic carbocycles. The van der Waals surface area contributed by atoms with Crippen molar-refractivity contribution in [2.45, 2.75) is 38.3 Å². The average Bonchev–Trinajstić information content (AvgIpc) is 3.39. The van der Waals surface area contributed by atoms with Crippen molar-refractivity contribution in [2.24, 2.45) is 5.92 Å². The van der Waals surface area contributed by atoms with Gasteiger partial charge in [-0.05, 0) is 43.4 Å². The highest BCUT2D eigenvalue weighted by molar-refractivity contribution is 5.94. The molecule has 0 bridgehead atoms. The predicted octanol–water partition coefficient (Wildman–Crippen LogP) is 2.90. The van der Waals surface area contributed by atoms with Crippen LogP contribution in [0.25, 0.3) is 0 Å². The molecule has 4 rings (SSSR count). The Labute approximate surface area is 159 Å². The van der Waals surface area contributed by atoms with Gasteiger partial charge in [-0.25, -0.2) is 4.68 Å². The molecule has 1 saturated carbocycles. The molecule has 0 amide bonds. The molecule has 144 valence electrons. The fourth-order valence-electron chi connectivity index (χ4n) is 3.67. The number of ketones is 1. The third-order valence-corrected chi connectivity index (χ3v) is 5.61. The Balaban J connectivity index is 1.31. The molecule has 1 aromatic heterocycles. The summed E-state index contributed by atoms with van der Waals surface area (Å²) in [5.41, 5.74) is 1.69. The molecule has 1 aliphatic heterocycles. The highest BCUT2D eigenvalue weighted by atomic mass is 16.5. The van der Waals surface area contributed by atoms with Crippen LogP contribution < -0.4 is 9.47 Å². The Kier molecular flexibility index (Phi) is 4.86. The summed E-state index contributed by atoms with van der Waals surface area (Å²) in [6.07, 6.45) is 4.63. The third-order valence-electron chi connectivity index (χ3n) is 5.61. The van der Waals surface area contributed by atoms with Gasteiger partial charge in [-0.3, -0.25) is 9.69 Å². The molecule has 0 spiro atoms. The molecule has 2 aromatic rings. The molecular formula is C20H26N4O3. The number of carbonyl (C=O) groups is 1. The first-order valence-corrected chi connectivity index (χ1v) is 9.50. The van der Waals surface area contributed by atoms with Crippen LogP contribution in [0.4, 0.5) is 0 Å². The fraction of sp³-hybridized carbons (Fsp3) is 0.550. The summed E-state index contributed by atoms with van der Waals surface area (Å²) < 4.78 is 12.5. The quantitative estimate of drug-likeness (QED) is 0.666. The number of nitrogens with zero attached hydrogens (tertiary/aromatic N) is 4. The van der Waals surface area contributed by atoms with E-state index >= 15 is 0 Å². The van der Waals surface area contributed by atoms with Crippen molar-refractivity contribution in [2.75, 3.05) is 27.3 Å². The van der Waals surface area contributed by atoms with Crippen molar-refractivity contribution in [3.63, 3.8) is 0 Å². The third kappa shape index (κ3) is 3.69. The number of likely N-dealkylation sites (tertiary alicyclic amines) is 1. The van der Waals surface area contributed by atoms with Gasteiger partial charge < -0.3 is 9.47 Å². The standard InChI is InChI=1S/C20H26N4O3/c1-13(15-4-7-19(26-2)20(9-15)27-3)23-10-14(11-23)8-18(25)17-12-24(22-21-17)16-5-6-16/h4,7,9,12-14,16H,5-6,8,10-11H2,1-3H3. The molecule has 0 N–H and O–H groups in total. The van der Waals surface area contributed by atoms with Gasteiger partial charge in [-0.2, -0.15) is 0 Å². The zero-order chi connectivity index (χ0) is 19.0. The Morgan fingerprint density at radius 3 is 2.63 bits per heavy atom. The Bertz CT molecular complexity index is 824. The Hall–Kier alpha value is -2.41. The lowest BCUT2D eigenvalue weighted by atomic mass is 9.90. The van der Waals surface area contributed by atoms with E-state index in [2.05, 4.69) is 28.2 Å². The van der Waals surface area contributed by atoms with E-state index < -0.39 is 0 Å². The van der Waals surface area contributed by atoms with Gasteiger partial charge in [0.2, 0.25) is 0 Å². The monoisotopic (exact) mass is 370 g/mol. The SMILES string of the molecule is COc1ccc(C(C)N2CC(CC(=O)c3cn(C4CC4)nn3)C2)cc1OC. The van der Waals surface area contributed by atoms with Crippen molar-refractivity contribution in [3.05, 3.63) is 35.7 Å². The summed E-state index contributed by atoms with van der Waals surface area (Å²) in [4.78, 5) is 14.8. The van der Waals surface area contributed by atoms with E-state index in [1.54, 1.807) is 14.2 Å². The summed E-state index contributed by atoms with van der Waals surface area (Å²) in [7, 11) is 3.29. The maximum absolute atomic E-state index is 12.4. The molecule has 1 atom stereocenters. The number of rotatable bonds is 8. The zero-order valence-electron chi connectivity index (χ0n) is 16.1. The zero-order valence-corrected chi connectivity index (χ0v) is 16.1. The van der Waals surface area contributed by atoms with Crippen LogP contribution in [0.15, 0.2) is 24.4 Å². The number of methoxy groups -OCH3 is 2. The summed E-state index contributed by atoms with van der Waals surface area (Å²) in [5.74, 6) is 1.96. The average molecular weight is 370 g/mol. The van der Waals surface area contributed by atoms with Gasteiger partial charge in [0, 0.05) is 25.6 Å². The van der Waals surface area contributed by atoms with Gasteiger partial charge in [0.05, 0.1) is 26.5 Å². The van der Waals surface area contributed by atoms with E-state index in [9.17, 15) is 4.79 Å². The van der Waals surface area contributed by atoms with Crippen LogP contribution in [0, 0.1) is 5.92 Å². The topological polar surface area (TPSA) is 69.5 Å². The van der Waals surface area contributed by atoms with Crippen molar-refractivity contribution in [1.82, 2.24) is 19.9 Å². The molecule has 27 heavy (non-hydrogen) atoms. The van der Waals surface area contributed by atoms with E-state index in [4.69, 9.17) is 9.47 Å². The molecule has 7 heteroatoms. The van der Waals surface area contributed by atoms with Gasteiger partial charge in [-0.1, -0.05) is 11.3 Å². The van der Waals surface area contributed by atoms with Crippen LogP contribution in [0.3, 0.4) is 0 Å². The minimum atomic E-state index is 0.102. The van der Waals surface area contributed by atoms with Crippen molar-refractivity contribution < 1.29 is 14.3 Å². The van der Waals surface area contributed by atoms with Crippen molar-refractivity contribution in [1.29, 1.82) is 0 Å². The van der Waals surface area contributed by atoms with Crippen LogP contribution in [0.1, 0.15) is 54.3 Å². The highest BCUT2D eigenvalue weighted by Crippen LogP contribution is 2.36. The summed E-state index contributed by atoms with van der Waals surface area (Å²) in [6, 6.07) is 6.76. The number of benzene rings is 1. The van der Waals surface area contributed by atoms with Gasteiger partial charge in [0.1, 0.15) is 5.69 Å². The predicted molar refractivity (Wildman–Crippen MR) is 100 cm³/mol. The number of carbonyl (C=O) groups excluding carboxylic acids is 1. The van der Waals surface area contributed by atoms with E-state index in [-0.39, 0.29) is 11.8 Å². The minimum absolute atomic E-state index is 0.102. The second-order valence-corrected chi connectivity index (χ2v) is 7.55.